The smallest absolute Gasteiger partial charge is 0.137 e. The predicted molar refractivity (Wildman–Crippen MR) is 80.0 cm³/mol. The molecule has 0 aromatic carbocycles. The maximum absolute atomic E-state index is 9.17. The normalized spacial score (nSPS) is 10.9. The van der Waals surface area contributed by atoms with Gasteiger partial charge in [0.05, 0.1) is 6.61 Å². The van der Waals surface area contributed by atoms with Crippen LogP contribution in [0.5, 0.6) is 0 Å². The van der Waals surface area contributed by atoms with Gasteiger partial charge in [0.15, 0.2) is 0 Å². The summed E-state index contributed by atoms with van der Waals surface area (Å²) < 4.78 is 0. The highest BCUT2D eigenvalue weighted by Gasteiger charge is 2.16. The quantitative estimate of drug-likeness (QED) is 0.792. The molecule has 0 unspecified atom stereocenters. The number of aliphatic hydroxyl groups is 1. The molecule has 0 saturated carbocycles. The van der Waals surface area contributed by atoms with Crippen LogP contribution in [-0.4, -0.2) is 41.3 Å². The first-order valence-electron chi connectivity index (χ1n) is 7.03. The molecular weight excluding hydrogens is 240 g/mol. The Kier molecular flexibility index (Phi) is 6.02. The van der Waals surface area contributed by atoms with Gasteiger partial charge in [0.25, 0.3) is 0 Å². The fraction of sp³-hybridized carbons (Fsp3) is 0.714. The van der Waals surface area contributed by atoms with Crippen LogP contribution in [0.25, 0.3) is 0 Å². The number of aromatic nitrogens is 2. The van der Waals surface area contributed by atoms with E-state index in [4.69, 9.17) is 0 Å². The number of anilines is 2. The molecule has 1 aromatic heterocycles. The summed E-state index contributed by atoms with van der Waals surface area (Å²) in [6, 6.07) is 0. The fourth-order valence-corrected chi connectivity index (χ4v) is 1.96. The molecule has 0 saturated heterocycles. The Balaban J connectivity index is 3.26. The van der Waals surface area contributed by atoms with E-state index in [0.29, 0.717) is 6.54 Å². The third kappa shape index (κ3) is 3.80. The molecule has 0 aliphatic heterocycles. The number of hydrogen-bond acceptors (Lipinski definition) is 5. The molecule has 0 radical (unpaired) electrons. The van der Waals surface area contributed by atoms with Crippen LogP contribution in [-0.2, 0) is 0 Å². The summed E-state index contributed by atoms with van der Waals surface area (Å²) in [6.45, 7) is 12.7. The van der Waals surface area contributed by atoms with Crippen molar-refractivity contribution in [3.63, 3.8) is 0 Å². The third-order valence-corrected chi connectivity index (χ3v) is 3.05. The molecule has 0 spiro atoms. The zero-order valence-electron chi connectivity index (χ0n) is 12.7. The lowest BCUT2D eigenvalue weighted by Crippen LogP contribution is -2.29. The average molecular weight is 266 g/mol. The first kappa shape index (κ1) is 15.7. The van der Waals surface area contributed by atoms with E-state index < -0.39 is 0 Å². The van der Waals surface area contributed by atoms with Gasteiger partial charge in [0, 0.05) is 31.1 Å². The van der Waals surface area contributed by atoms with Crippen LogP contribution in [0, 0.1) is 6.92 Å². The second-order valence-corrected chi connectivity index (χ2v) is 4.87. The second kappa shape index (κ2) is 7.28. The van der Waals surface area contributed by atoms with E-state index in [-0.39, 0.29) is 12.5 Å². The van der Waals surface area contributed by atoms with Gasteiger partial charge in [0.2, 0.25) is 0 Å². The maximum Gasteiger partial charge on any atom is 0.137 e. The molecule has 1 aromatic rings. The van der Waals surface area contributed by atoms with Crippen LogP contribution in [0.2, 0.25) is 0 Å². The third-order valence-electron chi connectivity index (χ3n) is 3.05. The van der Waals surface area contributed by atoms with Crippen molar-refractivity contribution in [2.75, 3.05) is 36.5 Å². The molecule has 2 N–H and O–H groups in total. The zero-order chi connectivity index (χ0) is 14.4. The lowest BCUT2D eigenvalue weighted by molar-refractivity contribution is 0.302. The standard InChI is InChI=1S/C14H26N4O/c1-6-15-13-11(5)14(18(7-2)8-9-19)17-12(16-13)10(3)4/h10,19H,6-9H2,1-5H3,(H,15,16,17). The Hall–Kier alpha value is -1.36. The predicted octanol–water partition coefficient (Wildman–Crippen LogP) is 2.16. The molecule has 5 nitrogen and oxygen atoms in total. The van der Waals surface area contributed by atoms with Crippen LogP contribution in [0.4, 0.5) is 11.6 Å². The summed E-state index contributed by atoms with van der Waals surface area (Å²) in [5.74, 6) is 2.94. The van der Waals surface area contributed by atoms with Gasteiger partial charge < -0.3 is 15.3 Å². The SMILES string of the molecule is CCNc1nc(C(C)C)nc(N(CC)CCO)c1C. The number of nitrogens with zero attached hydrogens (tertiary/aromatic N) is 3. The molecule has 0 aliphatic rings. The number of nitrogens with one attached hydrogen (secondary N) is 1. The van der Waals surface area contributed by atoms with Crippen molar-refractivity contribution in [1.82, 2.24) is 9.97 Å². The van der Waals surface area contributed by atoms with Crippen molar-refractivity contribution in [2.24, 2.45) is 0 Å². The lowest BCUT2D eigenvalue weighted by Gasteiger charge is -2.25. The van der Waals surface area contributed by atoms with Crippen LogP contribution in [0.1, 0.15) is 45.0 Å². The molecule has 5 heteroatoms. The van der Waals surface area contributed by atoms with Crippen LogP contribution < -0.4 is 10.2 Å². The van der Waals surface area contributed by atoms with Crippen LogP contribution in [0.15, 0.2) is 0 Å². The van der Waals surface area contributed by atoms with E-state index in [1.165, 1.54) is 0 Å². The lowest BCUT2D eigenvalue weighted by atomic mass is 10.2. The number of rotatable bonds is 7. The summed E-state index contributed by atoms with van der Waals surface area (Å²) in [6.07, 6.45) is 0. The summed E-state index contributed by atoms with van der Waals surface area (Å²) in [7, 11) is 0. The minimum Gasteiger partial charge on any atom is -0.395 e. The minimum absolute atomic E-state index is 0.130. The van der Waals surface area contributed by atoms with Gasteiger partial charge in [-0.2, -0.15) is 0 Å². The van der Waals surface area contributed by atoms with Gasteiger partial charge >= 0.3 is 0 Å². The average Bonchev–Trinajstić information content (AvgIpc) is 2.38. The number of aliphatic hydroxyl groups excluding tert-OH is 1. The molecule has 0 fully saturated rings. The Bertz CT molecular complexity index is 407. The minimum atomic E-state index is 0.130. The van der Waals surface area contributed by atoms with Crippen molar-refractivity contribution >= 4 is 11.6 Å². The molecular formula is C14H26N4O. The Morgan fingerprint density at radius 2 is 1.95 bits per heavy atom. The largest absolute Gasteiger partial charge is 0.395 e. The first-order chi connectivity index (χ1) is 9.04. The van der Waals surface area contributed by atoms with Crippen molar-refractivity contribution in [3.8, 4) is 0 Å². The highest BCUT2D eigenvalue weighted by atomic mass is 16.3. The molecule has 1 rings (SSSR count). The van der Waals surface area contributed by atoms with Gasteiger partial charge in [-0.3, -0.25) is 0 Å². The van der Waals surface area contributed by atoms with E-state index >= 15 is 0 Å². The van der Waals surface area contributed by atoms with Crippen molar-refractivity contribution in [1.29, 1.82) is 0 Å². The molecule has 0 amide bonds. The van der Waals surface area contributed by atoms with E-state index in [1.54, 1.807) is 0 Å². The fourth-order valence-electron chi connectivity index (χ4n) is 1.96. The zero-order valence-corrected chi connectivity index (χ0v) is 12.7. The van der Waals surface area contributed by atoms with Gasteiger partial charge in [0.1, 0.15) is 17.5 Å². The summed E-state index contributed by atoms with van der Waals surface area (Å²) in [5, 5.41) is 12.5. The second-order valence-electron chi connectivity index (χ2n) is 4.87. The topological polar surface area (TPSA) is 61.3 Å². The van der Waals surface area contributed by atoms with E-state index in [0.717, 1.165) is 36.1 Å². The molecule has 1 heterocycles. The Morgan fingerprint density at radius 3 is 2.42 bits per heavy atom. The maximum atomic E-state index is 9.17. The molecule has 0 bridgehead atoms. The first-order valence-corrected chi connectivity index (χ1v) is 7.03. The Labute approximate surface area is 116 Å². The molecule has 19 heavy (non-hydrogen) atoms. The van der Waals surface area contributed by atoms with Gasteiger partial charge in [-0.15, -0.1) is 0 Å². The monoisotopic (exact) mass is 266 g/mol. The van der Waals surface area contributed by atoms with Crippen LogP contribution >= 0.6 is 0 Å². The summed E-state index contributed by atoms with van der Waals surface area (Å²) >= 11 is 0. The molecule has 0 aliphatic carbocycles. The highest BCUT2D eigenvalue weighted by molar-refractivity contribution is 5.58. The van der Waals surface area contributed by atoms with Gasteiger partial charge in [-0.25, -0.2) is 9.97 Å². The highest BCUT2D eigenvalue weighted by Crippen LogP contribution is 2.25. The number of hydrogen-bond donors (Lipinski definition) is 2. The number of likely N-dealkylation sites (N-methyl/N-ethyl adjacent to an activating group) is 1. The van der Waals surface area contributed by atoms with E-state index in [1.807, 2.05) is 6.92 Å². The Morgan fingerprint density at radius 1 is 1.26 bits per heavy atom. The summed E-state index contributed by atoms with van der Waals surface area (Å²) in [5.41, 5.74) is 1.04. The molecule has 108 valence electrons. The van der Waals surface area contributed by atoms with Crippen LogP contribution in [0.3, 0.4) is 0 Å². The van der Waals surface area contributed by atoms with Gasteiger partial charge in [-0.05, 0) is 20.8 Å². The van der Waals surface area contributed by atoms with E-state index in [2.05, 4.69) is 47.9 Å². The van der Waals surface area contributed by atoms with Crippen molar-refractivity contribution < 1.29 is 5.11 Å². The van der Waals surface area contributed by atoms with E-state index in [9.17, 15) is 5.11 Å². The van der Waals surface area contributed by atoms with Gasteiger partial charge in [-0.1, -0.05) is 13.8 Å². The molecule has 0 atom stereocenters. The van der Waals surface area contributed by atoms with Crippen molar-refractivity contribution in [2.45, 2.75) is 40.5 Å². The summed E-state index contributed by atoms with van der Waals surface area (Å²) in [4.78, 5) is 11.3. The van der Waals surface area contributed by atoms with Crippen molar-refractivity contribution in [3.05, 3.63) is 11.4 Å².